The van der Waals surface area contributed by atoms with Gasteiger partial charge in [0.2, 0.25) is 0 Å². The molecule has 2 aromatic heterocycles. The van der Waals surface area contributed by atoms with Gasteiger partial charge in [0.1, 0.15) is 0 Å². The van der Waals surface area contributed by atoms with Gasteiger partial charge in [-0.05, 0) is 75.2 Å². The number of anilines is 1. The molecule has 0 saturated heterocycles. The number of hydrogen-bond donors (Lipinski definition) is 3. The fourth-order valence-corrected chi connectivity index (χ4v) is 3.97. The number of nitrogens with zero attached hydrogens (tertiary/aromatic N) is 1. The van der Waals surface area contributed by atoms with Gasteiger partial charge in [0.05, 0.1) is 5.57 Å². The topological polar surface area (TPSA) is 69.8 Å². The van der Waals surface area contributed by atoms with Crippen molar-refractivity contribution in [3.8, 4) is 11.1 Å². The molecule has 4 rings (SSSR count). The highest BCUT2D eigenvalue weighted by molar-refractivity contribution is 6.35. The minimum absolute atomic E-state index is 0.0632. The van der Waals surface area contributed by atoms with Crippen molar-refractivity contribution in [2.75, 3.05) is 18.9 Å². The van der Waals surface area contributed by atoms with Crippen LogP contribution in [0.2, 0.25) is 0 Å². The quantitative estimate of drug-likeness (QED) is 0.436. The SMILES string of the molecule is CNCCCc1c(C)[nH]c(/C=C2\C(=O)Nc3cc(-c4cccnc4)ccc32)c1C. The number of amides is 1. The number of nitrogens with one attached hydrogen (secondary N) is 3. The third-order valence-corrected chi connectivity index (χ3v) is 5.57. The van der Waals surface area contributed by atoms with Gasteiger partial charge in [0, 0.05) is 40.6 Å². The van der Waals surface area contributed by atoms with Crippen LogP contribution in [0.3, 0.4) is 0 Å². The minimum atomic E-state index is -0.0632. The largest absolute Gasteiger partial charge is 0.359 e. The fourth-order valence-electron chi connectivity index (χ4n) is 3.97. The van der Waals surface area contributed by atoms with Crippen LogP contribution in [-0.4, -0.2) is 29.5 Å². The lowest BCUT2D eigenvalue weighted by Crippen LogP contribution is -2.08. The molecule has 0 aliphatic carbocycles. The molecule has 0 bridgehead atoms. The third-order valence-electron chi connectivity index (χ3n) is 5.57. The van der Waals surface area contributed by atoms with Crippen LogP contribution in [0.25, 0.3) is 22.8 Å². The smallest absolute Gasteiger partial charge is 0.256 e. The van der Waals surface area contributed by atoms with E-state index in [9.17, 15) is 4.79 Å². The Morgan fingerprint density at radius 2 is 2.03 bits per heavy atom. The van der Waals surface area contributed by atoms with Gasteiger partial charge in [-0.25, -0.2) is 0 Å². The minimum Gasteiger partial charge on any atom is -0.359 e. The Morgan fingerprint density at radius 1 is 1.17 bits per heavy atom. The third kappa shape index (κ3) is 3.74. The normalized spacial score (nSPS) is 14.3. The van der Waals surface area contributed by atoms with Gasteiger partial charge in [-0.1, -0.05) is 18.2 Å². The van der Waals surface area contributed by atoms with Gasteiger partial charge < -0.3 is 15.6 Å². The molecule has 1 aliphatic rings. The predicted molar refractivity (Wildman–Crippen MR) is 119 cm³/mol. The highest BCUT2D eigenvalue weighted by Crippen LogP contribution is 2.36. The maximum atomic E-state index is 12.7. The number of aromatic amines is 1. The van der Waals surface area contributed by atoms with Crippen molar-refractivity contribution in [3.63, 3.8) is 0 Å². The van der Waals surface area contributed by atoms with E-state index in [0.717, 1.165) is 47.5 Å². The van der Waals surface area contributed by atoms with E-state index in [2.05, 4.69) is 34.4 Å². The molecule has 5 nitrogen and oxygen atoms in total. The number of carbonyl (C=O) groups is 1. The summed E-state index contributed by atoms with van der Waals surface area (Å²) in [6.07, 6.45) is 7.68. The second kappa shape index (κ2) is 8.05. The Kier molecular flexibility index (Phi) is 5.32. The average molecular weight is 386 g/mol. The summed E-state index contributed by atoms with van der Waals surface area (Å²) in [6.45, 7) is 5.23. The predicted octanol–water partition coefficient (Wildman–Crippen LogP) is 4.34. The van der Waals surface area contributed by atoms with E-state index in [4.69, 9.17) is 0 Å². The van der Waals surface area contributed by atoms with Crippen LogP contribution in [0.15, 0.2) is 42.7 Å². The van der Waals surface area contributed by atoms with Gasteiger partial charge in [-0.3, -0.25) is 9.78 Å². The summed E-state index contributed by atoms with van der Waals surface area (Å²) >= 11 is 0. The molecule has 1 amide bonds. The first-order valence-electron chi connectivity index (χ1n) is 9.99. The first-order valence-corrected chi connectivity index (χ1v) is 9.99. The van der Waals surface area contributed by atoms with Crippen LogP contribution in [0, 0.1) is 13.8 Å². The molecule has 5 heteroatoms. The summed E-state index contributed by atoms with van der Waals surface area (Å²) in [7, 11) is 1.97. The summed E-state index contributed by atoms with van der Waals surface area (Å²) in [4.78, 5) is 20.3. The molecule has 0 atom stereocenters. The molecule has 3 heterocycles. The Balaban J connectivity index is 1.67. The van der Waals surface area contributed by atoms with Crippen molar-refractivity contribution in [1.29, 1.82) is 0 Å². The molecular formula is C24H26N4O. The zero-order chi connectivity index (χ0) is 20.4. The number of hydrogen-bond acceptors (Lipinski definition) is 3. The average Bonchev–Trinajstić information content (AvgIpc) is 3.18. The lowest BCUT2D eigenvalue weighted by molar-refractivity contribution is -0.110. The maximum Gasteiger partial charge on any atom is 0.256 e. The number of rotatable bonds is 6. The fraction of sp³-hybridized carbons (Fsp3) is 0.250. The number of fused-ring (bicyclic) bond motifs is 1. The summed E-state index contributed by atoms with van der Waals surface area (Å²) in [6, 6.07) is 10.0. The summed E-state index contributed by atoms with van der Waals surface area (Å²) < 4.78 is 0. The van der Waals surface area contributed by atoms with E-state index in [-0.39, 0.29) is 5.91 Å². The van der Waals surface area contributed by atoms with Crippen LogP contribution >= 0.6 is 0 Å². The van der Waals surface area contributed by atoms with Gasteiger partial charge in [0.25, 0.3) is 5.91 Å². The Labute approximate surface area is 171 Å². The number of H-pyrrole nitrogens is 1. The molecule has 3 aromatic rings. The van der Waals surface area contributed by atoms with E-state index in [1.54, 1.807) is 6.20 Å². The Bertz CT molecular complexity index is 1080. The van der Waals surface area contributed by atoms with Gasteiger partial charge in [-0.15, -0.1) is 0 Å². The highest BCUT2D eigenvalue weighted by atomic mass is 16.2. The van der Waals surface area contributed by atoms with Crippen LogP contribution in [0.1, 0.15) is 34.5 Å². The zero-order valence-electron chi connectivity index (χ0n) is 17.1. The monoisotopic (exact) mass is 386 g/mol. The number of benzene rings is 1. The molecule has 0 radical (unpaired) electrons. The van der Waals surface area contributed by atoms with Gasteiger partial charge in [0.15, 0.2) is 0 Å². The summed E-state index contributed by atoms with van der Waals surface area (Å²) in [5, 5.41) is 6.21. The van der Waals surface area contributed by atoms with E-state index < -0.39 is 0 Å². The van der Waals surface area contributed by atoms with Crippen molar-refractivity contribution >= 4 is 23.2 Å². The van der Waals surface area contributed by atoms with E-state index in [0.29, 0.717) is 5.57 Å². The maximum absolute atomic E-state index is 12.7. The molecule has 1 aliphatic heterocycles. The number of pyridine rings is 1. The second-order valence-electron chi connectivity index (χ2n) is 7.49. The summed E-state index contributed by atoms with van der Waals surface area (Å²) in [5.74, 6) is -0.0632. The lowest BCUT2D eigenvalue weighted by Gasteiger charge is -2.04. The van der Waals surface area contributed by atoms with Crippen molar-refractivity contribution in [1.82, 2.24) is 15.3 Å². The Morgan fingerprint density at radius 3 is 2.79 bits per heavy atom. The van der Waals surface area contributed by atoms with Crippen LogP contribution in [0.5, 0.6) is 0 Å². The number of aromatic nitrogens is 2. The van der Waals surface area contributed by atoms with E-state index >= 15 is 0 Å². The second-order valence-corrected chi connectivity index (χ2v) is 7.49. The molecule has 0 spiro atoms. The molecule has 3 N–H and O–H groups in total. The molecule has 1 aromatic carbocycles. The lowest BCUT2D eigenvalue weighted by atomic mass is 9.99. The van der Waals surface area contributed by atoms with Crippen molar-refractivity contribution < 1.29 is 4.79 Å². The van der Waals surface area contributed by atoms with E-state index in [1.807, 2.05) is 49.7 Å². The molecular weight excluding hydrogens is 360 g/mol. The van der Waals surface area contributed by atoms with Crippen molar-refractivity contribution in [3.05, 3.63) is 70.8 Å². The zero-order valence-corrected chi connectivity index (χ0v) is 17.1. The van der Waals surface area contributed by atoms with E-state index in [1.165, 1.54) is 16.8 Å². The van der Waals surface area contributed by atoms with Gasteiger partial charge in [-0.2, -0.15) is 0 Å². The van der Waals surface area contributed by atoms with Crippen LogP contribution < -0.4 is 10.6 Å². The molecule has 0 fully saturated rings. The van der Waals surface area contributed by atoms with Crippen LogP contribution in [-0.2, 0) is 11.2 Å². The number of aryl methyl sites for hydroxylation is 1. The van der Waals surface area contributed by atoms with Gasteiger partial charge >= 0.3 is 0 Å². The highest BCUT2D eigenvalue weighted by Gasteiger charge is 2.25. The molecule has 29 heavy (non-hydrogen) atoms. The first kappa shape index (κ1) is 19.2. The molecule has 148 valence electrons. The Hall–Kier alpha value is -3.18. The van der Waals surface area contributed by atoms with Crippen molar-refractivity contribution in [2.24, 2.45) is 0 Å². The first-order chi connectivity index (χ1) is 14.1. The van der Waals surface area contributed by atoms with Crippen LogP contribution in [0.4, 0.5) is 5.69 Å². The standard InChI is InChI=1S/C24H26N4O/c1-15-19(7-5-10-25-3)16(2)27-22(15)13-21-20-9-8-17(12-23(20)28-24(21)29)18-6-4-11-26-14-18/h4,6,8-9,11-14,25,27H,5,7,10H2,1-3H3,(H,28,29)/b21-13-. The molecule has 0 unspecified atom stereocenters. The molecule has 0 saturated carbocycles. The number of carbonyl (C=O) groups excluding carboxylic acids is 1. The van der Waals surface area contributed by atoms with Crippen molar-refractivity contribution in [2.45, 2.75) is 26.7 Å². The summed E-state index contributed by atoms with van der Waals surface area (Å²) in [5.41, 5.74) is 9.30.